The zero-order valence-corrected chi connectivity index (χ0v) is 8.15. The number of pyridine rings is 1. The van der Waals surface area contributed by atoms with E-state index in [1.807, 2.05) is 0 Å². The first kappa shape index (κ1) is 12.0. The van der Waals surface area contributed by atoms with Gasteiger partial charge in [0.05, 0.1) is 24.2 Å². The van der Waals surface area contributed by atoms with Crippen molar-refractivity contribution in [2.75, 3.05) is 0 Å². The topological polar surface area (TPSA) is 120 Å². The summed E-state index contributed by atoms with van der Waals surface area (Å²) in [6.45, 7) is 0. The van der Waals surface area contributed by atoms with E-state index in [4.69, 9.17) is 5.26 Å². The van der Waals surface area contributed by atoms with Crippen LogP contribution >= 0.6 is 0 Å². The molecule has 2 N–H and O–H groups in total. The number of nitriles is 1. The Kier molecular flexibility index (Phi) is 3.88. The molecule has 0 aliphatic rings. The average molecular weight is 223 g/mol. The van der Waals surface area contributed by atoms with E-state index in [9.17, 15) is 20.3 Å². The lowest BCUT2D eigenvalue weighted by atomic mass is 10.0. The Balaban J connectivity index is 3.04. The molecule has 1 heterocycles. The van der Waals surface area contributed by atoms with Crippen LogP contribution in [0.1, 0.15) is 18.1 Å². The largest absolute Gasteiger partial charge is 0.389 e. The van der Waals surface area contributed by atoms with Crippen LogP contribution < -0.4 is 0 Å². The molecule has 7 nitrogen and oxygen atoms in total. The molecule has 0 bridgehead atoms. The molecule has 84 valence electrons. The van der Waals surface area contributed by atoms with Gasteiger partial charge in [0, 0.05) is 0 Å². The Morgan fingerprint density at radius 3 is 2.88 bits per heavy atom. The predicted molar refractivity (Wildman–Crippen MR) is 52.1 cm³/mol. The smallest absolute Gasteiger partial charge is 0.369 e. The number of hydrogen-bond acceptors (Lipinski definition) is 6. The van der Waals surface area contributed by atoms with E-state index in [0.717, 1.165) is 0 Å². The van der Waals surface area contributed by atoms with E-state index < -0.39 is 22.9 Å². The van der Waals surface area contributed by atoms with Crippen LogP contribution in [0.5, 0.6) is 0 Å². The SMILES string of the molecule is N#CCC(O)C(O)c1cccnc1[N+](=O)[O-]. The van der Waals surface area contributed by atoms with Crippen molar-refractivity contribution in [1.29, 1.82) is 5.26 Å². The molecule has 0 aliphatic carbocycles. The summed E-state index contributed by atoms with van der Waals surface area (Å²) >= 11 is 0. The van der Waals surface area contributed by atoms with Crippen LogP contribution in [-0.2, 0) is 0 Å². The highest BCUT2D eigenvalue weighted by molar-refractivity contribution is 5.34. The Morgan fingerprint density at radius 2 is 2.31 bits per heavy atom. The highest BCUT2D eigenvalue weighted by atomic mass is 16.6. The van der Waals surface area contributed by atoms with Gasteiger partial charge in [-0.2, -0.15) is 5.26 Å². The van der Waals surface area contributed by atoms with Crippen LogP contribution in [0.2, 0.25) is 0 Å². The fourth-order valence-electron chi connectivity index (χ4n) is 1.21. The molecule has 0 spiro atoms. The van der Waals surface area contributed by atoms with Crippen molar-refractivity contribution in [1.82, 2.24) is 4.98 Å². The lowest BCUT2D eigenvalue weighted by Crippen LogP contribution is -2.19. The third-order valence-corrected chi connectivity index (χ3v) is 1.97. The summed E-state index contributed by atoms with van der Waals surface area (Å²) in [5.74, 6) is -0.521. The van der Waals surface area contributed by atoms with E-state index in [0.29, 0.717) is 0 Å². The highest BCUT2D eigenvalue weighted by Crippen LogP contribution is 2.25. The molecule has 0 amide bonds. The maximum atomic E-state index is 10.6. The monoisotopic (exact) mass is 223 g/mol. The van der Waals surface area contributed by atoms with E-state index in [1.54, 1.807) is 6.07 Å². The van der Waals surface area contributed by atoms with Gasteiger partial charge in [-0.25, -0.2) is 0 Å². The van der Waals surface area contributed by atoms with Crippen LogP contribution in [0.4, 0.5) is 5.82 Å². The number of nitro groups is 1. The summed E-state index contributed by atoms with van der Waals surface area (Å²) in [6, 6.07) is 4.36. The van der Waals surface area contributed by atoms with Crippen molar-refractivity contribution in [3.05, 3.63) is 34.0 Å². The van der Waals surface area contributed by atoms with Crippen molar-refractivity contribution >= 4 is 5.82 Å². The van der Waals surface area contributed by atoms with Gasteiger partial charge in [-0.1, -0.05) is 0 Å². The molecule has 1 aromatic rings. The zero-order valence-electron chi connectivity index (χ0n) is 8.15. The number of hydrogen-bond donors (Lipinski definition) is 2. The number of nitrogens with zero attached hydrogens (tertiary/aromatic N) is 3. The van der Waals surface area contributed by atoms with Crippen LogP contribution in [0.3, 0.4) is 0 Å². The van der Waals surface area contributed by atoms with Gasteiger partial charge in [-0.15, -0.1) is 0 Å². The molecule has 2 atom stereocenters. The normalized spacial score (nSPS) is 13.8. The molecule has 16 heavy (non-hydrogen) atoms. The second kappa shape index (κ2) is 5.16. The van der Waals surface area contributed by atoms with Gasteiger partial charge in [0.1, 0.15) is 12.3 Å². The summed E-state index contributed by atoms with van der Waals surface area (Å²) in [7, 11) is 0. The quantitative estimate of drug-likeness (QED) is 0.559. The van der Waals surface area contributed by atoms with Crippen molar-refractivity contribution in [2.24, 2.45) is 0 Å². The van der Waals surface area contributed by atoms with Gasteiger partial charge < -0.3 is 20.3 Å². The minimum absolute atomic E-state index is 0.102. The molecule has 7 heteroatoms. The van der Waals surface area contributed by atoms with Crippen molar-refractivity contribution < 1.29 is 15.1 Å². The molecule has 0 radical (unpaired) electrons. The molecule has 0 aromatic carbocycles. The van der Waals surface area contributed by atoms with Crippen molar-refractivity contribution in [3.8, 4) is 6.07 Å². The molecule has 0 fully saturated rings. The van der Waals surface area contributed by atoms with Crippen LogP contribution in [0.15, 0.2) is 18.3 Å². The summed E-state index contributed by atoms with van der Waals surface area (Å²) in [4.78, 5) is 13.3. The predicted octanol–water partition coefficient (Wildman–Crippen LogP) is 0.298. The Morgan fingerprint density at radius 1 is 1.62 bits per heavy atom. The van der Waals surface area contributed by atoms with Crippen molar-refractivity contribution in [3.63, 3.8) is 0 Å². The fourth-order valence-corrected chi connectivity index (χ4v) is 1.21. The lowest BCUT2D eigenvalue weighted by Gasteiger charge is -2.14. The first-order valence-electron chi connectivity index (χ1n) is 4.40. The molecular weight excluding hydrogens is 214 g/mol. The van der Waals surface area contributed by atoms with E-state index >= 15 is 0 Å². The van der Waals surface area contributed by atoms with Gasteiger partial charge in [0.25, 0.3) is 0 Å². The summed E-state index contributed by atoms with van der Waals surface area (Å²) in [5, 5.41) is 37.9. The molecule has 0 saturated heterocycles. The van der Waals surface area contributed by atoms with Gasteiger partial charge in [0.2, 0.25) is 0 Å². The summed E-state index contributed by atoms with van der Waals surface area (Å²) in [6.07, 6.45) is -1.96. The third kappa shape index (κ3) is 2.50. The first-order chi connectivity index (χ1) is 7.57. The van der Waals surface area contributed by atoms with Crippen molar-refractivity contribution in [2.45, 2.75) is 18.6 Å². The number of aromatic nitrogens is 1. The number of aliphatic hydroxyl groups excluding tert-OH is 2. The minimum Gasteiger partial charge on any atom is -0.389 e. The Labute approximate surface area is 90.7 Å². The maximum absolute atomic E-state index is 10.6. The van der Waals surface area contributed by atoms with Crippen LogP contribution in [0.25, 0.3) is 0 Å². The molecule has 1 rings (SSSR count). The summed E-state index contributed by atoms with van der Waals surface area (Å²) in [5.41, 5.74) is -0.102. The number of rotatable bonds is 4. The van der Waals surface area contributed by atoms with E-state index in [2.05, 4.69) is 4.98 Å². The van der Waals surface area contributed by atoms with Gasteiger partial charge >= 0.3 is 5.82 Å². The Bertz CT molecular complexity index is 429. The molecule has 2 unspecified atom stereocenters. The standard InChI is InChI=1S/C9H9N3O4/c10-4-3-7(13)8(14)6-2-1-5-11-9(6)12(15)16/h1-2,5,7-8,13-14H,3H2. The van der Waals surface area contributed by atoms with Gasteiger partial charge in [-0.3, -0.25) is 0 Å². The number of aliphatic hydroxyl groups is 2. The Hall–Kier alpha value is -2.04. The minimum atomic E-state index is -1.49. The second-order valence-corrected chi connectivity index (χ2v) is 3.05. The van der Waals surface area contributed by atoms with Gasteiger partial charge in [0.15, 0.2) is 0 Å². The van der Waals surface area contributed by atoms with Gasteiger partial charge in [-0.05, 0) is 22.0 Å². The maximum Gasteiger partial charge on any atom is 0.369 e. The van der Waals surface area contributed by atoms with Crippen LogP contribution in [0, 0.1) is 21.4 Å². The van der Waals surface area contributed by atoms with E-state index in [-0.39, 0.29) is 12.0 Å². The third-order valence-electron chi connectivity index (χ3n) is 1.97. The highest BCUT2D eigenvalue weighted by Gasteiger charge is 2.26. The second-order valence-electron chi connectivity index (χ2n) is 3.05. The molecule has 1 aromatic heterocycles. The zero-order chi connectivity index (χ0) is 12.1. The average Bonchev–Trinajstić information content (AvgIpc) is 2.28. The first-order valence-corrected chi connectivity index (χ1v) is 4.40. The molecular formula is C9H9N3O4. The van der Waals surface area contributed by atoms with Crippen LogP contribution in [-0.4, -0.2) is 26.2 Å². The lowest BCUT2D eigenvalue weighted by molar-refractivity contribution is -0.391. The molecule has 0 saturated carbocycles. The molecule has 0 aliphatic heterocycles. The fraction of sp³-hybridized carbons (Fsp3) is 0.333. The van der Waals surface area contributed by atoms with E-state index in [1.165, 1.54) is 18.3 Å². The summed E-state index contributed by atoms with van der Waals surface area (Å²) < 4.78 is 0.